The molecule has 62 valence electrons. The Morgan fingerprint density at radius 3 is 1.20 bits per heavy atom. The molecule has 0 heterocycles. The van der Waals surface area contributed by atoms with Crippen molar-refractivity contribution in [3.63, 3.8) is 0 Å². The van der Waals surface area contributed by atoms with Crippen LogP contribution in [0.2, 0.25) is 0 Å². The Labute approximate surface area is 60.4 Å². The molecule has 0 saturated carbocycles. The Morgan fingerprint density at radius 1 is 1.00 bits per heavy atom. The van der Waals surface area contributed by atoms with Gasteiger partial charge in [-0.1, -0.05) is 0 Å². The Kier molecular flexibility index (Phi) is 2.55. The molecule has 0 amide bonds. The maximum Gasteiger partial charge on any atom is 0.244 e. The van der Waals surface area contributed by atoms with Crippen molar-refractivity contribution in [2.75, 3.05) is 0 Å². The fourth-order valence-corrected chi connectivity index (χ4v) is 1.10. The van der Waals surface area contributed by atoms with Crippen molar-refractivity contribution in [3.05, 3.63) is 0 Å². The normalized spacial score (nSPS) is 14.3. The van der Waals surface area contributed by atoms with Gasteiger partial charge in [-0.05, 0) is 0 Å². The van der Waals surface area contributed by atoms with E-state index in [1.165, 1.54) is 0 Å². The van der Waals surface area contributed by atoms with Gasteiger partial charge in [-0.15, -0.1) is 0 Å². The van der Waals surface area contributed by atoms with Crippen LogP contribution in [0.5, 0.6) is 0 Å². The molecule has 0 saturated heterocycles. The summed E-state index contributed by atoms with van der Waals surface area (Å²) < 4.78 is 10.6. The first kappa shape index (κ1) is 9.99. The maximum atomic E-state index is 10.6. The summed E-state index contributed by atoms with van der Waals surface area (Å²) in [6.45, 7) is 1.60. The zero-order valence-corrected chi connectivity index (χ0v) is 6.42. The zero-order chi connectivity index (χ0) is 8.58. The van der Waals surface area contributed by atoms with Crippen molar-refractivity contribution in [2.45, 2.75) is 24.1 Å². The highest BCUT2D eigenvalue weighted by Gasteiger charge is 2.38. The molecule has 0 radical (unpaired) electrons. The van der Waals surface area contributed by atoms with Gasteiger partial charge >= 0.3 is 0 Å². The summed E-state index contributed by atoms with van der Waals surface area (Å²) in [5, 5.41) is 29.1. The van der Waals surface area contributed by atoms with Gasteiger partial charge in [0.15, 0.2) is 0 Å². The monoisotopic (exact) mass is 170 g/mol. The number of aliphatic hydroxyl groups is 4. The fraction of sp³-hybridized carbons (Fsp3) is 1.00. The van der Waals surface area contributed by atoms with Gasteiger partial charge in [-0.2, -0.15) is 0 Å². The van der Waals surface area contributed by atoms with E-state index in [0.29, 0.717) is 0 Å². The molecule has 0 atom stereocenters. The summed E-state index contributed by atoms with van der Waals surface area (Å²) in [6.07, 6.45) is 0. The fourth-order valence-electron chi connectivity index (χ4n) is 0.366. The molecule has 0 bridgehead atoms. The molecule has 0 aromatic heterocycles. The van der Waals surface area contributed by atoms with Crippen molar-refractivity contribution in [3.8, 4) is 0 Å². The number of rotatable bonds is 2. The largest absolute Gasteiger partial charge is 0.355 e. The number of hydrogen-bond donors (Lipinski definition) is 4. The summed E-state index contributed by atoms with van der Waals surface area (Å²) in [4.78, 5) is 0. The highest BCUT2D eigenvalue weighted by Crippen LogP contribution is 2.15. The first-order chi connectivity index (χ1) is 4.15. The molecule has 0 rings (SSSR count). The lowest BCUT2D eigenvalue weighted by atomic mass is 10.7. The molecular formula is C4H10O5S. The van der Waals surface area contributed by atoms with E-state index in [-0.39, 0.29) is 0 Å². The van der Waals surface area contributed by atoms with Crippen LogP contribution in [0.3, 0.4) is 0 Å². The third kappa shape index (κ3) is 2.72. The highest BCUT2D eigenvalue weighted by molar-refractivity contribution is 7.87. The molecule has 0 aliphatic carbocycles. The summed E-state index contributed by atoms with van der Waals surface area (Å²) in [5.74, 6) is 0. The maximum absolute atomic E-state index is 10.6. The average Bonchev–Trinajstić information content (AvgIpc) is 1.59. The van der Waals surface area contributed by atoms with Crippen LogP contribution < -0.4 is 0 Å². The molecule has 10 heavy (non-hydrogen) atoms. The van der Waals surface area contributed by atoms with E-state index in [2.05, 4.69) is 0 Å². The van der Waals surface area contributed by atoms with E-state index in [0.717, 1.165) is 13.8 Å². The van der Waals surface area contributed by atoms with Gasteiger partial charge in [0.2, 0.25) is 10.2 Å². The summed E-state index contributed by atoms with van der Waals surface area (Å²) >= 11 is 0. The minimum absolute atomic E-state index is 0.799. The van der Waals surface area contributed by atoms with Gasteiger partial charge in [0.1, 0.15) is 10.8 Å². The predicted octanol–water partition coefficient (Wildman–Crippen LogP) is -1.95. The van der Waals surface area contributed by atoms with Crippen LogP contribution >= 0.6 is 0 Å². The smallest absolute Gasteiger partial charge is 0.244 e. The van der Waals surface area contributed by atoms with E-state index >= 15 is 0 Å². The molecule has 6 heteroatoms. The quantitative estimate of drug-likeness (QED) is 0.361. The van der Waals surface area contributed by atoms with E-state index in [1.807, 2.05) is 0 Å². The first-order valence-electron chi connectivity index (χ1n) is 2.47. The summed E-state index contributed by atoms with van der Waals surface area (Å²) in [7, 11) is -2.53. The van der Waals surface area contributed by atoms with Gasteiger partial charge in [-0.3, -0.25) is 0 Å². The zero-order valence-electron chi connectivity index (χ0n) is 5.61. The second kappa shape index (κ2) is 2.55. The van der Waals surface area contributed by atoms with Crippen molar-refractivity contribution in [1.82, 2.24) is 0 Å². The van der Waals surface area contributed by atoms with Gasteiger partial charge in [0, 0.05) is 13.8 Å². The van der Waals surface area contributed by atoms with Crippen LogP contribution in [0.15, 0.2) is 0 Å². The predicted molar refractivity (Wildman–Crippen MR) is 33.8 cm³/mol. The lowest BCUT2D eigenvalue weighted by Gasteiger charge is -2.22. The van der Waals surface area contributed by atoms with E-state index in [9.17, 15) is 4.21 Å². The molecule has 0 unspecified atom stereocenters. The molecule has 5 nitrogen and oxygen atoms in total. The Hall–Kier alpha value is -0.0100. The van der Waals surface area contributed by atoms with Gasteiger partial charge in [-0.25, -0.2) is 4.21 Å². The van der Waals surface area contributed by atoms with Crippen LogP contribution in [0, 0.1) is 0 Å². The molecule has 0 fully saturated rings. The minimum atomic E-state index is -2.59. The van der Waals surface area contributed by atoms with Crippen molar-refractivity contribution in [2.24, 2.45) is 0 Å². The Morgan fingerprint density at radius 2 is 1.20 bits per heavy atom. The van der Waals surface area contributed by atoms with Gasteiger partial charge in [0.25, 0.3) is 0 Å². The SMILES string of the molecule is CC(O)(O)S(=O)C(C)(O)O. The number of hydrogen-bond acceptors (Lipinski definition) is 5. The first-order valence-corrected chi connectivity index (χ1v) is 3.62. The highest BCUT2D eigenvalue weighted by atomic mass is 32.2. The minimum Gasteiger partial charge on any atom is -0.355 e. The second-order valence-corrected chi connectivity index (χ2v) is 4.22. The van der Waals surface area contributed by atoms with Crippen molar-refractivity contribution < 1.29 is 24.6 Å². The second-order valence-electron chi connectivity index (χ2n) is 2.14. The van der Waals surface area contributed by atoms with Crippen molar-refractivity contribution >= 4 is 10.8 Å². The lowest BCUT2D eigenvalue weighted by molar-refractivity contribution is -0.100. The van der Waals surface area contributed by atoms with Crippen LogP contribution in [0.4, 0.5) is 0 Å². The molecule has 0 aromatic rings. The summed E-state index contributed by atoms with van der Waals surface area (Å²) in [5.41, 5.74) is 0. The molecule has 0 aliphatic rings. The van der Waals surface area contributed by atoms with E-state index in [4.69, 9.17) is 20.4 Å². The van der Waals surface area contributed by atoms with E-state index in [1.54, 1.807) is 0 Å². The topological polar surface area (TPSA) is 98.0 Å². The van der Waals surface area contributed by atoms with E-state index < -0.39 is 21.0 Å². The lowest BCUT2D eigenvalue weighted by Crippen LogP contribution is -2.43. The average molecular weight is 170 g/mol. The van der Waals surface area contributed by atoms with Crippen LogP contribution in [-0.4, -0.2) is 34.9 Å². The molecule has 0 spiro atoms. The van der Waals surface area contributed by atoms with Crippen LogP contribution in [0.25, 0.3) is 0 Å². The standard InChI is InChI=1S/C4H10O5S/c1-3(5,6)10(9)4(2,7)8/h5-8H,1-2H3. The molecule has 0 aliphatic heterocycles. The Bertz CT molecular complexity index is 125. The van der Waals surface area contributed by atoms with Gasteiger partial charge < -0.3 is 20.4 Å². The van der Waals surface area contributed by atoms with Gasteiger partial charge in [0.05, 0.1) is 0 Å². The third-order valence-electron chi connectivity index (χ3n) is 0.702. The van der Waals surface area contributed by atoms with Crippen molar-refractivity contribution in [1.29, 1.82) is 0 Å². The molecule has 4 N–H and O–H groups in total. The molecular weight excluding hydrogens is 160 g/mol. The van der Waals surface area contributed by atoms with Crippen LogP contribution in [-0.2, 0) is 10.8 Å². The summed E-state index contributed by atoms with van der Waals surface area (Å²) in [6, 6.07) is 0. The third-order valence-corrected chi connectivity index (χ3v) is 2.11. The van der Waals surface area contributed by atoms with Crippen LogP contribution in [0.1, 0.15) is 13.8 Å². The molecule has 0 aromatic carbocycles. The Balaban J connectivity index is 4.40.